The van der Waals surface area contributed by atoms with Gasteiger partial charge in [-0.1, -0.05) is 13.3 Å². The van der Waals surface area contributed by atoms with Crippen molar-refractivity contribution in [1.82, 2.24) is 4.98 Å². The number of anilines is 1. The predicted molar refractivity (Wildman–Crippen MR) is 90.1 cm³/mol. The van der Waals surface area contributed by atoms with Gasteiger partial charge in [0.15, 0.2) is 0 Å². The van der Waals surface area contributed by atoms with Crippen molar-refractivity contribution in [2.75, 3.05) is 11.6 Å². The summed E-state index contributed by atoms with van der Waals surface area (Å²) in [6, 6.07) is 7.65. The van der Waals surface area contributed by atoms with E-state index in [1.54, 1.807) is 17.1 Å². The molecule has 6 heteroatoms. The average molecular weight is 321 g/mol. The topological polar surface area (TPSA) is 68.0 Å². The van der Waals surface area contributed by atoms with Gasteiger partial charge in [0.2, 0.25) is 0 Å². The minimum atomic E-state index is -0.196. The summed E-state index contributed by atoms with van der Waals surface area (Å²) >= 11 is 3.11. The van der Waals surface area contributed by atoms with Crippen LogP contribution in [0.5, 0.6) is 0 Å². The first-order valence-electron chi connectivity index (χ1n) is 6.80. The van der Waals surface area contributed by atoms with Crippen molar-refractivity contribution < 1.29 is 4.79 Å². The van der Waals surface area contributed by atoms with E-state index >= 15 is 0 Å². The SMILES string of the molecule is CCCC(N)c1nc(C(=O)Nc2ccc(SC)cc2)cs1. The Hall–Kier alpha value is -1.37. The van der Waals surface area contributed by atoms with Crippen LogP contribution in [-0.4, -0.2) is 17.1 Å². The lowest BCUT2D eigenvalue weighted by Gasteiger charge is -2.06. The molecule has 4 nitrogen and oxygen atoms in total. The fourth-order valence-corrected chi connectivity index (χ4v) is 3.11. The summed E-state index contributed by atoms with van der Waals surface area (Å²) in [5, 5.41) is 5.43. The molecule has 112 valence electrons. The molecule has 2 rings (SSSR count). The Kier molecular flexibility index (Phi) is 5.78. The molecule has 1 heterocycles. The molecule has 0 aliphatic carbocycles. The molecule has 0 bridgehead atoms. The van der Waals surface area contributed by atoms with Crippen molar-refractivity contribution in [1.29, 1.82) is 0 Å². The largest absolute Gasteiger partial charge is 0.322 e. The van der Waals surface area contributed by atoms with Gasteiger partial charge in [-0.25, -0.2) is 4.98 Å². The minimum Gasteiger partial charge on any atom is -0.322 e. The number of nitrogens with two attached hydrogens (primary N) is 1. The van der Waals surface area contributed by atoms with E-state index in [-0.39, 0.29) is 11.9 Å². The number of nitrogens with one attached hydrogen (secondary N) is 1. The summed E-state index contributed by atoms with van der Waals surface area (Å²) in [7, 11) is 0. The molecule has 1 amide bonds. The van der Waals surface area contributed by atoms with Crippen LogP contribution in [0.1, 0.15) is 41.3 Å². The van der Waals surface area contributed by atoms with Gasteiger partial charge in [0.25, 0.3) is 5.91 Å². The van der Waals surface area contributed by atoms with Gasteiger partial charge in [-0.3, -0.25) is 4.79 Å². The second-order valence-corrected chi connectivity index (χ2v) is 6.42. The lowest BCUT2D eigenvalue weighted by molar-refractivity contribution is 0.102. The number of hydrogen-bond donors (Lipinski definition) is 2. The van der Waals surface area contributed by atoms with E-state index in [9.17, 15) is 4.79 Å². The molecule has 0 radical (unpaired) electrons. The molecular weight excluding hydrogens is 302 g/mol. The van der Waals surface area contributed by atoms with E-state index in [0.29, 0.717) is 5.69 Å². The molecule has 1 unspecified atom stereocenters. The number of aromatic nitrogens is 1. The highest BCUT2D eigenvalue weighted by molar-refractivity contribution is 7.98. The second kappa shape index (κ2) is 7.59. The molecular formula is C15H19N3OS2. The van der Waals surface area contributed by atoms with Crippen LogP contribution in [0.3, 0.4) is 0 Å². The standard InChI is InChI=1S/C15H19N3OS2/c1-3-4-12(16)15-18-13(9-21-15)14(19)17-10-5-7-11(20-2)8-6-10/h5-9,12H,3-4,16H2,1-2H3,(H,17,19). The van der Waals surface area contributed by atoms with Crippen LogP contribution in [0.4, 0.5) is 5.69 Å². The van der Waals surface area contributed by atoms with E-state index in [2.05, 4.69) is 17.2 Å². The lowest BCUT2D eigenvalue weighted by atomic mass is 10.2. The maximum atomic E-state index is 12.1. The number of thioether (sulfide) groups is 1. The Morgan fingerprint density at radius 1 is 1.43 bits per heavy atom. The van der Waals surface area contributed by atoms with Crippen LogP contribution in [0.15, 0.2) is 34.5 Å². The molecule has 21 heavy (non-hydrogen) atoms. The molecule has 1 aromatic carbocycles. The second-order valence-electron chi connectivity index (χ2n) is 4.65. The normalized spacial score (nSPS) is 12.1. The maximum Gasteiger partial charge on any atom is 0.275 e. The highest BCUT2D eigenvalue weighted by atomic mass is 32.2. The number of carbonyl (C=O) groups is 1. The van der Waals surface area contributed by atoms with E-state index < -0.39 is 0 Å². The number of benzene rings is 1. The fraction of sp³-hybridized carbons (Fsp3) is 0.333. The van der Waals surface area contributed by atoms with Crippen molar-refractivity contribution >= 4 is 34.7 Å². The maximum absolute atomic E-state index is 12.1. The van der Waals surface area contributed by atoms with Crippen molar-refractivity contribution in [2.24, 2.45) is 5.73 Å². The lowest BCUT2D eigenvalue weighted by Crippen LogP contribution is -2.14. The first kappa shape index (κ1) is 16.0. The summed E-state index contributed by atoms with van der Waals surface area (Å²) in [4.78, 5) is 17.6. The van der Waals surface area contributed by atoms with E-state index in [4.69, 9.17) is 5.73 Å². The molecule has 0 spiro atoms. The quantitative estimate of drug-likeness (QED) is 0.791. The van der Waals surface area contributed by atoms with Gasteiger partial charge in [0.1, 0.15) is 10.7 Å². The molecule has 0 saturated carbocycles. The van der Waals surface area contributed by atoms with Gasteiger partial charge in [0, 0.05) is 16.0 Å². The van der Waals surface area contributed by atoms with Gasteiger partial charge >= 0.3 is 0 Å². The Morgan fingerprint density at radius 2 is 2.14 bits per heavy atom. The predicted octanol–water partition coefficient (Wildman–Crippen LogP) is 3.92. The van der Waals surface area contributed by atoms with Crippen molar-refractivity contribution in [3.05, 3.63) is 40.3 Å². The molecule has 1 atom stereocenters. The molecule has 0 fully saturated rings. The monoisotopic (exact) mass is 321 g/mol. The van der Waals surface area contributed by atoms with Crippen LogP contribution in [0.25, 0.3) is 0 Å². The van der Waals surface area contributed by atoms with Crippen LogP contribution >= 0.6 is 23.1 Å². The van der Waals surface area contributed by atoms with Crippen LogP contribution < -0.4 is 11.1 Å². The number of hydrogen-bond acceptors (Lipinski definition) is 5. The average Bonchev–Trinajstić information content (AvgIpc) is 2.98. The van der Waals surface area contributed by atoms with Gasteiger partial charge < -0.3 is 11.1 Å². The Balaban J connectivity index is 2.02. The summed E-state index contributed by atoms with van der Waals surface area (Å²) < 4.78 is 0. The molecule has 0 aliphatic heterocycles. The zero-order valence-electron chi connectivity index (χ0n) is 12.1. The first-order chi connectivity index (χ1) is 10.1. The fourth-order valence-electron chi connectivity index (χ4n) is 1.87. The van der Waals surface area contributed by atoms with Crippen LogP contribution in [-0.2, 0) is 0 Å². The first-order valence-corrected chi connectivity index (χ1v) is 8.91. The van der Waals surface area contributed by atoms with Crippen molar-refractivity contribution in [3.8, 4) is 0 Å². The summed E-state index contributed by atoms with van der Waals surface area (Å²) in [6.45, 7) is 2.08. The van der Waals surface area contributed by atoms with E-state index in [1.807, 2.05) is 30.5 Å². The van der Waals surface area contributed by atoms with Crippen molar-refractivity contribution in [2.45, 2.75) is 30.7 Å². The van der Waals surface area contributed by atoms with Gasteiger partial charge in [0.05, 0.1) is 6.04 Å². The van der Waals surface area contributed by atoms with Gasteiger partial charge in [-0.15, -0.1) is 23.1 Å². The van der Waals surface area contributed by atoms with Crippen LogP contribution in [0, 0.1) is 0 Å². The summed E-state index contributed by atoms with van der Waals surface area (Å²) in [5.74, 6) is -0.196. The highest BCUT2D eigenvalue weighted by Crippen LogP contribution is 2.21. The molecule has 0 saturated heterocycles. The zero-order valence-corrected chi connectivity index (χ0v) is 13.8. The van der Waals surface area contributed by atoms with Gasteiger partial charge in [-0.2, -0.15) is 0 Å². The molecule has 2 aromatic rings. The number of nitrogens with zero attached hydrogens (tertiary/aromatic N) is 1. The number of thiazole rings is 1. The Labute approximate surface area is 133 Å². The third-order valence-corrected chi connectivity index (χ3v) is 4.74. The number of amides is 1. The summed E-state index contributed by atoms with van der Waals surface area (Å²) in [6.07, 6.45) is 3.90. The zero-order chi connectivity index (χ0) is 15.2. The molecule has 1 aromatic heterocycles. The van der Waals surface area contributed by atoms with E-state index in [1.165, 1.54) is 11.3 Å². The molecule has 0 aliphatic rings. The Bertz CT molecular complexity index is 595. The third-order valence-electron chi connectivity index (χ3n) is 3.02. The Morgan fingerprint density at radius 3 is 2.76 bits per heavy atom. The minimum absolute atomic E-state index is 0.0811. The van der Waals surface area contributed by atoms with Crippen molar-refractivity contribution in [3.63, 3.8) is 0 Å². The summed E-state index contributed by atoms with van der Waals surface area (Å²) in [5.41, 5.74) is 7.21. The molecule has 3 N–H and O–H groups in total. The highest BCUT2D eigenvalue weighted by Gasteiger charge is 2.14. The van der Waals surface area contributed by atoms with Crippen LogP contribution in [0.2, 0.25) is 0 Å². The smallest absolute Gasteiger partial charge is 0.275 e. The van der Waals surface area contributed by atoms with E-state index in [0.717, 1.165) is 28.4 Å². The number of rotatable bonds is 6. The van der Waals surface area contributed by atoms with Gasteiger partial charge in [-0.05, 0) is 36.9 Å². The third kappa shape index (κ3) is 4.30. The number of carbonyl (C=O) groups excluding carboxylic acids is 1.